The third kappa shape index (κ3) is 4.29. The Bertz CT molecular complexity index is 1060. The molecule has 0 radical (unpaired) electrons. The first kappa shape index (κ1) is 21.7. The van der Waals surface area contributed by atoms with Crippen molar-refractivity contribution in [1.82, 2.24) is 14.5 Å². The van der Waals surface area contributed by atoms with Crippen molar-refractivity contribution < 1.29 is 18.0 Å². The van der Waals surface area contributed by atoms with Gasteiger partial charge in [0.25, 0.3) is 5.91 Å². The molecule has 0 fully saturated rings. The lowest BCUT2D eigenvalue weighted by Gasteiger charge is -2.28. The molecule has 0 aliphatic carbocycles. The Labute approximate surface area is 177 Å². The van der Waals surface area contributed by atoms with Gasteiger partial charge >= 0.3 is 0 Å². The smallest absolute Gasteiger partial charge is 0.251 e. The molecule has 0 saturated carbocycles. The highest BCUT2D eigenvalue weighted by molar-refractivity contribution is 7.89. The predicted molar refractivity (Wildman–Crippen MR) is 114 cm³/mol. The van der Waals surface area contributed by atoms with Crippen molar-refractivity contribution in [2.24, 2.45) is 0 Å². The quantitative estimate of drug-likeness (QED) is 0.763. The van der Waals surface area contributed by atoms with E-state index in [1.165, 1.54) is 23.3 Å². The summed E-state index contributed by atoms with van der Waals surface area (Å²) in [6, 6.07) is 14.9. The number of sulfonamides is 1. The van der Waals surface area contributed by atoms with Gasteiger partial charge in [-0.15, -0.1) is 0 Å². The summed E-state index contributed by atoms with van der Waals surface area (Å²) in [5, 5.41) is 2.48. The second-order valence-electron chi connectivity index (χ2n) is 7.19. The minimum atomic E-state index is -3.84. The molecule has 1 atom stereocenters. The zero-order valence-corrected chi connectivity index (χ0v) is 18.0. The van der Waals surface area contributed by atoms with E-state index in [9.17, 15) is 18.0 Å². The van der Waals surface area contributed by atoms with Gasteiger partial charge in [-0.25, -0.2) is 8.42 Å². The number of hydrogen-bond donors (Lipinski definition) is 1. The number of likely N-dealkylation sites (N-methyl/N-ethyl adjacent to an activating group) is 2. The molecule has 3 rings (SSSR count). The molecule has 0 aromatic heterocycles. The lowest BCUT2D eigenvalue weighted by atomic mass is 10.00. The van der Waals surface area contributed by atoms with Crippen LogP contribution < -0.4 is 5.32 Å². The monoisotopic (exact) mass is 427 g/mol. The lowest BCUT2D eigenvalue weighted by molar-refractivity contribution is -0.131. The van der Waals surface area contributed by atoms with Crippen LogP contribution in [0.1, 0.15) is 17.2 Å². The maximum atomic E-state index is 13.4. The highest BCUT2D eigenvalue weighted by atomic mass is 32.2. The van der Waals surface area contributed by atoms with Gasteiger partial charge in [0.15, 0.2) is 0 Å². The van der Waals surface area contributed by atoms with Crippen LogP contribution >= 0.6 is 0 Å². The topological polar surface area (TPSA) is 86.8 Å². The van der Waals surface area contributed by atoms with E-state index in [0.717, 1.165) is 5.56 Å². The van der Waals surface area contributed by atoms with Crippen LogP contribution in [0.3, 0.4) is 0 Å². The fourth-order valence-electron chi connectivity index (χ4n) is 3.42. The normalized spacial score (nSPS) is 16.8. The number of benzene rings is 2. The highest BCUT2D eigenvalue weighted by Crippen LogP contribution is 2.38. The SMILES string of the molecule is CNC(=O)CN(C)C(=O)C1=CCN(S(=O)(=O)c2ccc(C)cc2)C1c1ccccc1. The second kappa shape index (κ2) is 8.81. The zero-order valence-electron chi connectivity index (χ0n) is 17.2. The molecular weight excluding hydrogens is 402 g/mol. The van der Waals surface area contributed by atoms with E-state index in [0.29, 0.717) is 11.1 Å². The Morgan fingerprint density at radius 2 is 1.73 bits per heavy atom. The summed E-state index contributed by atoms with van der Waals surface area (Å²) in [6.07, 6.45) is 1.63. The molecule has 1 heterocycles. The van der Waals surface area contributed by atoms with E-state index >= 15 is 0 Å². The standard InChI is InChI=1S/C22H25N3O4S/c1-16-9-11-18(12-10-16)30(28,29)25-14-13-19(21(25)17-7-5-4-6-8-17)22(27)24(3)15-20(26)23-2/h4-13,21H,14-15H2,1-3H3,(H,23,26). The van der Waals surface area contributed by atoms with Gasteiger partial charge in [-0.2, -0.15) is 4.31 Å². The number of amides is 2. The van der Waals surface area contributed by atoms with Gasteiger partial charge in [-0.1, -0.05) is 54.1 Å². The summed E-state index contributed by atoms with van der Waals surface area (Å²) in [5.74, 6) is -0.682. The summed E-state index contributed by atoms with van der Waals surface area (Å²) in [5.41, 5.74) is 1.99. The van der Waals surface area contributed by atoms with E-state index in [1.54, 1.807) is 54.6 Å². The van der Waals surface area contributed by atoms with Crippen molar-refractivity contribution in [3.63, 3.8) is 0 Å². The Hall–Kier alpha value is -2.97. The van der Waals surface area contributed by atoms with Crippen LogP contribution in [-0.4, -0.2) is 56.6 Å². The Balaban J connectivity index is 1.99. The van der Waals surface area contributed by atoms with Crippen molar-refractivity contribution in [3.05, 3.63) is 77.4 Å². The van der Waals surface area contributed by atoms with Crippen LogP contribution in [0.5, 0.6) is 0 Å². The van der Waals surface area contributed by atoms with Gasteiger partial charge < -0.3 is 10.2 Å². The molecule has 0 saturated heterocycles. The first-order valence-corrected chi connectivity index (χ1v) is 11.0. The molecule has 2 aromatic carbocycles. The zero-order chi connectivity index (χ0) is 21.9. The minimum absolute atomic E-state index is 0.0741. The second-order valence-corrected chi connectivity index (χ2v) is 9.09. The summed E-state index contributed by atoms with van der Waals surface area (Å²) in [4.78, 5) is 26.3. The largest absolute Gasteiger partial charge is 0.358 e. The van der Waals surface area contributed by atoms with Crippen molar-refractivity contribution >= 4 is 21.8 Å². The van der Waals surface area contributed by atoms with E-state index < -0.39 is 16.1 Å². The van der Waals surface area contributed by atoms with Crippen LogP contribution in [0.15, 0.2) is 71.1 Å². The van der Waals surface area contributed by atoms with Crippen molar-refractivity contribution in [2.45, 2.75) is 17.9 Å². The van der Waals surface area contributed by atoms with E-state index in [4.69, 9.17) is 0 Å². The van der Waals surface area contributed by atoms with E-state index in [-0.39, 0.29) is 29.8 Å². The van der Waals surface area contributed by atoms with Gasteiger partial charge in [0.1, 0.15) is 0 Å². The Morgan fingerprint density at radius 1 is 1.10 bits per heavy atom. The number of carbonyl (C=O) groups is 2. The van der Waals surface area contributed by atoms with Gasteiger partial charge in [0.05, 0.1) is 17.5 Å². The average Bonchev–Trinajstić information content (AvgIpc) is 3.20. The first-order valence-electron chi connectivity index (χ1n) is 9.55. The summed E-state index contributed by atoms with van der Waals surface area (Å²) in [6.45, 7) is 1.85. The molecule has 0 spiro atoms. The Morgan fingerprint density at radius 3 is 2.33 bits per heavy atom. The van der Waals surface area contributed by atoms with Crippen LogP contribution in [0, 0.1) is 6.92 Å². The molecule has 1 N–H and O–H groups in total. The molecule has 1 unspecified atom stereocenters. The Kier molecular flexibility index (Phi) is 6.38. The molecule has 1 aliphatic heterocycles. The molecule has 1 aliphatic rings. The molecular formula is C22H25N3O4S. The number of rotatable bonds is 6. The number of aryl methyl sites for hydroxylation is 1. The van der Waals surface area contributed by atoms with Crippen molar-refractivity contribution in [1.29, 1.82) is 0 Å². The highest BCUT2D eigenvalue weighted by Gasteiger charge is 2.41. The number of hydrogen-bond acceptors (Lipinski definition) is 4. The molecule has 8 heteroatoms. The fourth-order valence-corrected chi connectivity index (χ4v) is 4.95. The van der Waals surface area contributed by atoms with Gasteiger partial charge in [-0.05, 0) is 24.6 Å². The molecule has 2 aromatic rings. The molecule has 7 nitrogen and oxygen atoms in total. The average molecular weight is 428 g/mol. The third-order valence-corrected chi connectivity index (χ3v) is 6.92. The van der Waals surface area contributed by atoms with Crippen molar-refractivity contribution in [2.75, 3.05) is 27.2 Å². The van der Waals surface area contributed by atoms with Gasteiger partial charge in [0, 0.05) is 26.2 Å². The summed E-state index contributed by atoms with van der Waals surface area (Å²) < 4.78 is 28.1. The molecule has 0 bridgehead atoms. The van der Waals surface area contributed by atoms with E-state index in [1.807, 2.05) is 13.0 Å². The lowest BCUT2D eigenvalue weighted by Crippen LogP contribution is -2.40. The summed E-state index contributed by atoms with van der Waals surface area (Å²) in [7, 11) is -0.818. The van der Waals surface area contributed by atoms with Crippen LogP contribution in [0.2, 0.25) is 0 Å². The predicted octanol–water partition coefficient (Wildman–Crippen LogP) is 1.87. The van der Waals surface area contributed by atoms with Crippen molar-refractivity contribution in [3.8, 4) is 0 Å². The van der Waals surface area contributed by atoms with Crippen LogP contribution in [0.4, 0.5) is 0 Å². The minimum Gasteiger partial charge on any atom is -0.358 e. The molecule has 30 heavy (non-hydrogen) atoms. The number of nitrogens with one attached hydrogen (secondary N) is 1. The third-order valence-electron chi connectivity index (χ3n) is 5.07. The molecule has 158 valence electrons. The fraction of sp³-hybridized carbons (Fsp3) is 0.273. The molecule has 2 amide bonds. The number of carbonyl (C=O) groups excluding carboxylic acids is 2. The van der Waals surface area contributed by atoms with Gasteiger partial charge in [0.2, 0.25) is 15.9 Å². The van der Waals surface area contributed by atoms with Crippen LogP contribution in [0.25, 0.3) is 0 Å². The number of nitrogens with zero attached hydrogens (tertiary/aromatic N) is 2. The van der Waals surface area contributed by atoms with Crippen LogP contribution in [-0.2, 0) is 19.6 Å². The maximum Gasteiger partial charge on any atom is 0.251 e. The van der Waals surface area contributed by atoms with E-state index in [2.05, 4.69) is 5.32 Å². The van der Waals surface area contributed by atoms with Gasteiger partial charge in [-0.3, -0.25) is 9.59 Å². The first-order chi connectivity index (χ1) is 14.3. The maximum absolute atomic E-state index is 13.4. The summed E-state index contributed by atoms with van der Waals surface area (Å²) >= 11 is 0.